The van der Waals surface area contributed by atoms with Gasteiger partial charge in [0.2, 0.25) is 0 Å². The third-order valence-corrected chi connectivity index (χ3v) is 4.48. The molecular formula is C17H25N3. The molecule has 1 saturated heterocycles. The van der Waals surface area contributed by atoms with E-state index in [0.717, 1.165) is 25.5 Å². The van der Waals surface area contributed by atoms with Gasteiger partial charge in [-0.15, -0.1) is 0 Å². The lowest BCUT2D eigenvalue weighted by atomic mass is 10.0. The zero-order chi connectivity index (χ0) is 13.6. The van der Waals surface area contributed by atoms with Crippen molar-refractivity contribution >= 4 is 5.82 Å². The molecule has 0 spiro atoms. The second-order valence-electron chi connectivity index (χ2n) is 5.91. The summed E-state index contributed by atoms with van der Waals surface area (Å²) >= 11 is 0. The van der Waals surface area contributed by atoms with Gasteiger partial charge in [-0.25, -0.2) is 4.98 Å². The van der Waals surface area contributed by atoms with E-state index in [-0.39, 0.29) is 0 Å². The summed E-state index contributed by atoms with van der Waals surface area (Å²) in [6, 6.07) is 6.86. The molecule has 1 aliphatic heterocycles. The molecule has 0 aromatic carbocycles. The quantitative estimate of drug-likeness (QED) is 0.834. The molecule has 0 bridgehead atoms. The summed E-state index contributed by atoms with van der Waals surface area (Å²) in [7, 11) is 0. The zero-order valence-electron chi connectivity index (χ0n) is 12.2. The van der Waals surface area contributed by atoms with Crippen LogP contribution in [-0.4, -0.2) is 30.7 Å². The summed E-state index contributed by atoms with van der Waals surface area (Å²) in [4.78, 5) is 6.84. The lowest BCUT2D eigenvalue weighted by Gasteiger charge is -2.33. The maximum Gasteiger partial charge on any atom is 0.128 e. The Balaban J connectivity index is 1.38. The molecule has 2 aliphatic rings. The van der Waals surface area contributed by atoms with Crippen molar-refractivity contribution in [3.63, 3.8) is 0 Å². The summed E-state index contributed by atoms with van der Waals surface area (Å²) in [6.45, 7) is 3.40. The van der Waals surface area contributed by atoms with Crippen LogP contribution in [0.2, 0.25) is 0 Å². The van der Waals surface area contributed by atoms with Crippen molar-refractivity contribution in [1.29, 1.82) is 0 Å². The summed E-state index contributed by atoms with van der Waals surface area (Å²) in [5, 5.41) is 3.73. The van der Waals surface area contributed by atoms with Crippen molar-refractivity contribution in [2.45, 2.75) is 44.6 Å². The van der Waals surface area contributed by atoms with Crippen molar-refractivity contribution in [2.24, 2.45) is 0 Å². The van der Waals surface area contributed by atoms with Crippen molar-refractivity contribution < 1.29 is 0 Å². The standard InChI is InChI=1S/C17H25N3/c1-2-6-15(5-1)8-12-18-16-9-13-20(14-10-16)17-7-3-4-11-19-17/h3-5,7,11,16,18H,1-2,6,8-10,12-14H2. The average Bonchev–Trinajstić information content (AvgIpc) is 3.02. The summed E-state index contributed by atoms with van der Waals surface area (Å²) in [6.07, 6.45) is 12.0. The maximum absolute atomic E-state index is 4.44. The predicted molar refractivity (Wildman–Crippen MR) is 84.0 cm³/mol. The van der Waals surface area contributed by atoms with E-state index in [1.54, 1.807) is 5.57 Å². The van der Waals surface area contributed by atoms with Gasteiger partial charge in [0.05, 0.1) is 0 Å². The van der Waals surface area contributed by atoms with Gasteiger partial charge >= 0.3 is 0 Å². The highest BCUT2D eigenvalue weighted by atomic mass is 15.2. The number of allylic oxidation sites excluding steroid dienone is 1. The number of nitrogens with one attached hydrogen (secondary N) is 1. The van der Waals surface area contributed by atoms with Gasteiger partial charge in [-0.05, 0) is 57.2 Å². The SMILES string of the molecule is C1=C(CCNC2CCN(c3ccccn3)CC2)CCC1. The number of nitrogens with zero attached hydrogens (tertiary/aromatic N) is 2. The molecule has 0 radical (unpaired) electrons. The average molecular weight is 271 g/mol. The molecule has 1 aliphatic carbocycles. The number of hydrogen-bond donors (Lipinski definition) is 1. The molecule has 3 heteroatoms. The second-order valence-corrected chi connectivity index (χ2v) is 5.91. The molecule has 1 aromatic rings. The number of anilines is 1. The van der Waals surface area contributed by atoms with Crippen LogP contribution < -0.4 is 10.2 Å². The third-order valence-electron chi connectivity index (χ3n) is 4.48. The first kappa shape index (κ1) is 13.6. The maximum atomic E-state index is 4.44. The van der Waals surface area contributed by atoms with E-state index in [1.807, 2.05) is 12.3 Å². The molecule has 1 fully saturated rings. The smallest absolute Gasteiger partial charge is 0.128 e. The van der Waals surface area contributed by atoms with Crippen LogP contribution >= 0.6 is 0 Å². The second kappa shape index (κ2) is 6.89. The number of pyridine rings is 1. The Morgan fingerprint density at radius 3 is 2.85 bits per heavy atom. The molecule has 0 saturated carbocycles. The Bertz CT molecular complexity index is 433. The van der Waals surface area contributed by atoms with Crippen LogP contribution in [-0.2, 0) is 0 Å². The van der Waals surface area contributed by atoms with Gasteiger partial charge in [-0.2, -0.15) is 0 Å². The van der Waals surface area contributed by atoms with Crippen molar-refractivity contribution in [1.82, 2.24) is 10.3 Å². The van der Waals surface area contributed by atoms with E-state index < -0.39 is 0 Å². The minimum atomic E-state index is 0.692. The van der Waals surface area contributed by atoms with Crippen molar-refractivity contribution in [3.05, 3.63) is 36.0 Å². The lowest BCUT2D eigenvalue weighted by molar-refractivity contribution is 0.415. The highest BCUT2D eigenvalue weighted by Gasteiger charge is 2.19. The monoisotopic (exact) mass is 271 g/mol. The van der Waals surface area contributed by atoms with Gasteiger partial charge in [-0.1, -0.05) is 17.7 Å². The highest BCUT2D eigenvalue weighted by Crippen LogP contribution is 2.21. The van der Waals surface area contributed by atoms with Crippen LogP contribution in [0.1, 0.15) is 38.5 Å². The topological polar surface area (TPSA) is 28.2 Å². The van der Waals surface area contributed by atoms with Crippen LogP contribution in [0.5, 0.6) is 0 Å². The van der Waals surface area contributed by atoms with Crippen LogP contribution in [0.3, 0.4) is 0 Å². The van der Waals surface area contributed by atoms with Gasteiger partial charge in [0.1, 0.15) is 5.82 Å². The predicted octanol–water partition coefficient (Wildman–Crippen LogP) is 3.14. The lowest BCUT2D eigenvalue weighted by Crippen LogP contribution is -2.43. The fraction of sp³-hybridized carbons (Fsp3) is 0.588. The number of hydrogen-bond acceptors (Lipinski definition) is 3. The van der Waals surface area contributed by atoms with Crippen LogP contribution in [0, 0.1) is 0 Å². The summed E-state index contributed by atoms with van der Waals surface area (Å²) < 4.78 is 0. The number of piperidine rings is 1. The molecule has 0 amide bonds. The Morgan fingerprint density at radius 1 is 1.25 bits per heavy atom. The van der Waals surface area contributed by atoms with E-state index in [4.69, 9.17) is 0 Å². The van der Waals surface area contributed by atoms with Gasteiger partial charge in [0, 0.05) is 25.3 Å². The summed E-state index contributed by atoms with van der Waals surface area (Å²) in [5.74, 6) is 1.13. The normalized spacial score (nSPS) is 20.2. The van der Waals surface area contributed by atoms with E-state index in [1.165, 1.54) is 38.5 Å². The minimum Gasteiger partial charge on any atom is -0.357 e. The molecule has 3 rings (SSSR count). The molecule has 20 heavy (non-hydrogen) atoms. The van der Waals surface area contributed by atoms with Gasteiger partial charge in [0.15, 0.2) is 0 Å². The molecule has 0 atom stereocenters. The van der Waals surface area contributed by atoms with Crippen molar-refractivity contribution in [3.8, 4) is 0 Å². The Kier molecular flexibility index (Phi) is 4.69. The molecule has 108 valence electrons. The van der Waals surface area contributed by atoms with Crippen LogP contribution in [0.25, 0.3) is 0 Å². The van der Waals surface area contributed by atoms with Crippen LogP contribution in [0.15, 0.2) is 36.0 Å². The van der Waals surface area contributed by atoms with Crippen LogP contribution in [0.4, 0.5) is 5.82 Å². The number of aromatic nitrogens is 1. The first-order valence-electron chi connectivity index (χ1n) is 7.99. The van der Waals surface area contributed by atoms with E-state index >= 15 is 0 Å². The molecule has 3 nitrogen and oxygen atoms in total. The van der Waals surface area contributed by atoms with Gasteiger partial charge < -0.3 is 10.2 Å². The first-order chi connectivity index (χ1) is 9.92. The van der Waals surface area contributed by atoms with Gasteiger partial charge in [-0.3, -0.25) is 0 Å². The van der Waals surface area contributed by atoms with E-state index in [0.29, 0.717) is 6.04 Å². The Labute approximate surface area is 122 Å². The fourth-order valence-corrected chi connectivity index (χ4v) is 3.25. The summed E-state index contributed by atoms with van der Waals surface area (Å²) in [5.41, 5.74) is 1.67. The van der Waals surface area contributed by atoms with E-state index in [9.17, 15) is 0 Å². The molecule has 1 aromatic heterocycles. The molecule has 0 unspecified atom stereocenters. The number of rotatable bonds is 5. The third kappa shape index (κ3) is 3.60. The molecule has 2 heterocycles. The Morgan fingerprint density at radius 2 is 2.15 bits per heavy atom. The molecular weight excluding hydrogens is 246 g/mol. The highest BCUT2D eigenvalue weighted by molar-refractivity contribution is 5.38. The first-order valence-corrected chi connectivity index (χ1v) is 7.99. The zero-order valence-corrected chi connectivity index (χ0v) is 12.2. The van der Waals surface area contributed by atoms with Crippen molar-refractivity contribution in [2.75, 3.05) is 24.5 Å². The fourth-order valence-electron chi connectivity index (χ4n) is 3.25. The van der Waals surface area contributed by atoms with Gasteiger partial charge in [0.25, 0.3) is 0 Å². The van der Waals surface area contributed by atoms with E-state index in [2.05, 4.69) is 33.4 Å². The molecule has 1 N–H and O–H groups in total. The minimum absolute atomic E-state index is 0.692. The largest absolute Gasteiger partial charge is 0.357 e. The Hall–Kier alpha value is -1.35.